The fraction of sp³-hybridized carbons (Fsp3) is 0.588. The minimum atomic E-state index is -0.806. The van der Waals surface area contributed by atoms with Crippen molar-refractivity contribution >= 4 is 41.5 Å². The molecular weight excluding hydrogens is 371 g/mol. The molecule has 1 aromatic rings. The Morgan fingerprint density at radius 1 is 1.21 bits per heavy atom. The number of carbonyl (C=O) groups excluding carboxylic acids is 1. The first kappa shape index (κ1) is 19.8. The third kappa shape index (κ3) is 5.24. The van der Waals surface area contributed by atoms with Gasteiger partial charge in [-0.15, -0.1) is 12.4 Å². The van der Waals surface area contributed by atoms with Gasteiger partial charge in [-0.3, -0.25) is 4.79 Å². The topological polar surface area (TPSA) is 61.4 Å². The molecule has 0 aliphatic carbocycles. The van der Waals surface area contributed by atoms with Crippen LogP contribution in [0.3, 0.4) is 0 Å². The average molecular weight is 394 g/mol. The Morgan fingerprint density at radius 2 is 1.79 bits per heavy atom. The van der Waals surface area contributed by atoms with E-state index in [-0.39, 0.29) is 24.9 Å². The Kier molecular flexibility index (Phi) is 7.20. The molecule has 2 saturated heterocycles. The quantitative estimate of drug-likeness (QED) is 0.717. The number of hydrogen-bond acceptors (Lipinski definition) is 3. The molecule has 3 unspecified atom stereocenters. The molecule has 7 heteroatoms. The summed E-state index contributed by atoms with van der Waals surface area (Å²) >= 11 is 11.9. The number of nitrogens with one attached hydrogen (secondary N) is 2. The molecular formula is C17H23Cl3N2O2. The number of piperidine rings is 1. The molecule has 2 heterocycles. The standard InChI is InChI=1S/C17H22Cl2N2O2.ClH/c18-12-6-11(7-13(19)8-12)16(22)9-20-17(23)5-10-3-14-1-2-15(4-10)21-14;/h6-8,10,14-16,21-22H,1-5,9H2,(H,20,23);1H. The van der Waals surface area contributed by atoms with Gasteiger partial charge in [0.15, 0.2) is 0 Å². The second-order valence-electron chi connectivity index (χ2n) is 6.70. The van der Waals surface area contributed by atoms with E-state index in [4.69, 9.17) is 23.2 Å². The molecule has 2 aliphatic rings. The third-order valence-corrected chi connectivity index (χ3v) is 5.24. The molecule has 24 heavy (non-hydrogen) atoms. The molecule has 2 aliphatic heterocycles. The summed E-state index contributed by atoms with van der Waals surface area (Å²) in [5.41, 5.74) is 0.614. The first-order valence-corrected chi connectivity index (χ1v) is 8.92. The monoisotopic (exact) mass is 392 g/mol. The van der Waals surface area contributed by atoms with E-state index in [0.717, 1.165) is 12.8 Å². The maximum Gasteiger partial charge on any atom is 0.220 e. The summed E-state index contributed by atoms with van der Waals surface area (Å²) in [6.45, 7) is 0.174. The predicted molar refractivity (Wildman–Crippen MR) is 99.0 cm³/mol. The highest BCUT2D eigenvalue weighted by atomic mass is 35.5. The summed E-state index contributed by atoms with van der Waals surface area (Å²) in [7, 11) is 0. The fourth-order valence-electron chi connectivity index (χ4n) is 3.77. The lowest BCUT2D eigenvalue weighted by atomic mass is 9.89. The van der Waals surface area contributed by atoms with E-state index in [1.165, 1.54) is 12.8 Å². The minimum absolute atomic E-state index is 0. The van der Waals surface area contributed by atoms with E-state index in [0.29, 0.717) is 40.0 Å². The van der Waals surface area contributed by atoms with Gasteiger partial charge in [-0.2, -0.15) is 0 Å². The molecule has 4 nitrogen and oxygen atoms in total. The Morgan fingerprint density at radius 3 is 2.38 bits per heavy atom. The predicted octanol–water partition coefficient (Wildman–Crippen LogP) is 3.49. The molecule has 0 saturated carbocycles. The van der Waals surface area contributed by atoms with Crippen LogP contribution in [0.4, 0.5) is 0 Å². The van der Waals surface area contributed by atoms with Crippen LogP contribution in [0.5, 0.6) is 0 Å². The van der Waals surface area contributed by atoms with E-state index >= 15 is 0 Å². The van der Waals surface area contributed by atoms with Gasteiger partial charge in [0, 0.05) is 35.1 Å². The van der Waals surface area contributed by atoms with Crippen LogP contribution in [0, 0.1) is 5.92 Å². The van der Waals surface area contributed by atoms with Gasteiger partial charge in [0.1, 0.15) is 0 Å². The zero-order chi connectivity index (χ0) is 16.4. The summed E-state index contributed by atoms with van der Waals surface area (Å²) in [6.07, 6.45) is 4.36. The maximum atomic E-state index is 12.1. The Labute approximate surface area is 158 Å². The first-order valence-electron chi connectivity index (χ1n) is 8.16. The Bertz CT molecular complexity index is 553. The van der Waals surface area contributed by atoms with Crippen molar-refractivity contribution < 1.29 is 9.90 Å². The number of hydrogen-bond donors (Lipinski definition) is 3. The number of carbonyl (C=O) groups is 1. The fourth-order valence-corrected chi connectivity index (χ4v) is 4.31. The summed E-state index contributed by atoms with van der Waals surface area (Å²) in [5, 5.41) is 17.5. The number of benzene rings is 1. The van der Waals surface area contributed by atoms with Gasteiger partial charge in [-0.05, 0) is 55.4 Å². The molecule has 0 spiro atoms. The van der Waals surface area contributed by atoms with Crippen LogP contribution >= 0.6 is 35.6 Å². The number of aliphatic hydroxyl groups excluding tert-OH is 1. The molecule has 2 bridgehead atoms. The normalized spacial score (nSPS) is 26.5. The molecule has 134 valence electrons. The van der Waals surface area contributed by atoms with E-state index in [1.54, 1.807) is 18.2 Å². The Balaban J connectivity index is 0.00000208. The van der Waals surface area contributed by atoms with Crippen LogP contribution < -0.4 is 10.6 Å². The van der Waals surface area contributed by atoms with E-state index in [9.17, 15) is 9.90 Å². The SMILES string of the molecule is Cl.O=C(CC1CC2CCC(C1)N2)NCC(O)c1cc(Cl)cc(Cl)c1. The van der Waals surface area contributed by atoms with Crippen molar-refractivity contribution in [2.75, 3.05) is 6.54 Å². The van der Waals surface area contributed by atoms with Crippen molar-refractivity contribution in [1.29, 1.82) is 0 Å². The zero-order valence-electron chi connectivity index (χ0n) is 13.3. The van der Waals surface area contributed by atoms with Gasteiger partial charge >= 0.3 is 0 Å². The highest BCUT2D eigenvalue weighted by Crippen LogP contribution is 2.32. The van der Waals surface area contributed by atoms with E-state index in [1.807, 2.05) is 0 Å². The molecule has 3 rings (SSSR count). The highest BCUT2D eigenvalue weighted by Gasteiger charge is 2.34. The van der Waals surface area contributed by atoms with Crippen molar-refractivity contribution in [2.24, 2.45) is 5.92 Å². The average Bonchev–Trinajstić information content (AvgIpc) is 2.82. The van der Waals surface area contributed by atoms with Crippen molar-refractivity contribution in [3.63, 3.8) is 0 Å². The lowest BCUT2D eigenvalue weighted by Crippen LogP contribution is -2.40. The van der Waals surface area contributed by atoms with Crippen molar-refractivity contribution in [3.8, 4) is 0 Å². The van der Waals surface area contributed by atoms with Crippen LogP contribution in [0.1, 0.15) is 43.8 Å². The third-order valence-electron chi connectivity index (χ3n) is 4.81. The van der Waals surface area contributed by atoms with Gasteiger partial charge < -0.3 is 15.7 Å². The van der Waals surface area contributed by atoms with Crippen molar-refractivity contribution in [3.05, 3.63) is 33.8 Å². The van der Waals surface area contributed by atoms with Crippen LogP contribution in [0.2, 0.25) is 10.0 Å². The Hall–Kier alpha value is -0.520. The van der Waals surface area contributed by atoms with Gasteiger partial charge in [-0.25, -0.2) is 0 Å². The summed E-state index contributed by atoms with van der Waals surface area (Å²) in [5.74, 6) is 0.454. The number of fused-ring (bicyclic) bond motifs is 2. The lowest BCUT2D eigenvalue weighted by molar-refractivity contribution is -0.122. The van der Waals surface area contributed by atoms with E-state index < -0.39 is 6.10 Å². The second kappa shape index (κ2) is 8.72. The van der Waals surface area contributed by atoms with Crippen LogP contribution in [0.25, 0.3) is 0 Å². The zero-order valence-corrected chi connectivity index (χ0v) is 15.6. The van der Waals surface area contributed by atoms with Crippen molar-refractivity contribution in [1.82, 2.24) is 10.6 Å². The molecule has 1 amide bonds. The smallest absolute Gasteiger partial charge is 0.220 e. The molecule has 3 N–H and O–H groups in total. The molecule has 2 fully saturated rings. The van der Waals surface area contributed by atoms with E-state index in [2.05, 4.69) is 10.6 Å². The number of amides is 1. The van der Waals surface area contributed by atoms with Crippen molar-refractivity contribution in [2.45, 2.75) is 50.3 Å². The summed E-state index contributed by atoms with van der Waals surface area (Å²) in [6, 6.07) is 6.11. The second-order valence-corrected chi connectivity index (χ2v) is 7.57. The highest BCUT2D eigenvalue weighted by molar-refractivity contribution is 6.34. The van der Waals surface area contributed by atoms with Gasteiger partial charge in [0.05, 0.1) is 6.10 Å². The maximum absolute atomic E-state index is 12.1. The lowest BCUT2D eigenvalue weighted by Gasteiger charge is -2.28. The van der Waals surface area contributed by atoms with Crippen LogP contribution in [-0.4, -0.2) is 29.6 Å². The molecule has 0 aromatic heterocycles. The molecule has 0 radical (unpaired) electrons. The molecule has 1 aromatic carbocycles. The summed E-state index contributed by atoms with van der Waals surface area (Å²) in [4.78, 5) is 12.1. The number of rotatable bonds is 5. The van der Waals surface area contributed by atoms with Gasteiger partial charge in [0.2, 0.25) is 5.91 Å². The first-order chi connectivity index (χ1) is 11.0. The summed E-state index contributed by atoms with van der Waals surface area (Å²) < 4.78 is 0. The largest absolute Gasteiger partial charge is 0.387 e. The van der Waals surface area contributed by atoms with Crippen LogP contribution in [-0.2, 0) is 4.79 Å². The minimum Gasteiger partial charge on any atom is -0.387 e. The van der Waals surface area contributed by atoms with Crippen LogP contribution in [0.15, 0.2) is 18.2 Å². The molecule has 3 atom stereocenters. The van der Waals surface area contributed by atoms with Gasteiger partial charge in [0.25, 0.3) is 0 Å². The number of halogens is 3. The number of aliphatic hydroxyl groups is 1. The van der Waals surface area contributed by atoms with Gasteiger partial charge in [-0.1, -0.05) is 23.2 Å².